The Hall–Kier alpha value is -2.10. The Bertz CT molecular complexity index is 499. The van der Waals surface area contributed by atoms with Crippen LogP contribution in [0.15, 0.2) is 35.1 Å². The lowest BCUT2D eigenvalue weighted by atomic mass is 10.1. The van der Waals surface area contributed by atoms with E-state index in [2.05, 4.69) is 16.3 Å². The van der Waals surface area contributed by atoms with Crippen LogP contribution < -0.4 is 10.3 Å². The van der Waals surface area contributed by atoms with Gasteiger partial charge in [-0.2, -0.15) is 5.10 Å². The van der Waals surface area contributed by atoms with Crippen molar-refractivity contribution in [3.05, 3.63) is 46.8 Å². The van der Waals surface area contributed by atoms with Crippen LogP contribution in [0.4, 0.5) is 0 Å². The number of H-pyrrole nitrogens is 1. The quantitative estimate of drug-likeness (QED) is 0.795. The summed E-state index contributed by atoms with van der Waals surface area (Å²) in [5.74, 6) is 0.678. The first-order valence-corrected chi connectivity index (χ1v) is 4.41. The molecule has 0 aliphatic rings. The number of nitrogens with one attached hydrogen (secondary N) is 1. The maximum Gasteiger partial charge on any atom is 0.264 e. The molecule has 4 nitrogen and oxygen atoms in total. The molecule has 4 heteroatoms. The lowest BCUT2D eigenvalue weighted by molar-refractivity contribution is 0.416. The van der Waals surface area contributed by atoms with Crippen LogP contribution >= 0.6 is 0 Å². The monoisotopic (exact) mass is 201 g/mol. The second-order valence-corrected chi connectivity index (χ2v) is 2.93. The lowest BCUT2D eigenvalue weighted by Crippen LogP contribution is -2.05. The van der Waals surface area contributed by atoms with E-state index in [1.807, 2.05) is 6.07 Å². The summed E-state index contributed by atoms with van der Waals surface area (Å²) < 4.78 is 5.17. The van der Waals surface area contributed by atoms with Gasteiger partial charge in [0.2, 0.25) is 0 Å². The second kappa shape index (κ2) is 3.96. The fourth-order valence-electron chi connectivity index (χ4n) is 1.29. The minimum absolute atomic E-state index is 0.222. The fraction of sp³-hybridized carbons (Fsp3) is 0.0909. The van der Waals surface area contributed by atoms with Gasteiger partial charge < -0.3 is 4.74 Å². The molecule has 0 unspecified atom stereocenters. The second-order valence-electron chi connectivity index (χ2n) is 2.93. The smallest absolute Gasteiger partial charge is 0.264 e. The maximum atomic E-state index is 10.9. The van der Waals surface area contributed by atoms with E-state index in [-0.39, 0.29) is 5.56 Å². The van der Waals surface area contributed by atoms with Crippen molar-refractivity contribution in [2.24, 2.45) is 0 Å². The Labute approximate surface area is 86.5 Å². The maximum absolute atomic E-state index is 10.9. The van der Waals surface area contributed by atoms with Crippen molar-refractivity contribution >= 4 is 0 Å². The number of nitrogens with zero attached hydrogens (tertiary/aromatic N) is 1. The number of rotatable bonds is 2. The first kappa shape index (κ1) is 9.45. The van der Waals surface area contributed by atoms with Crippen LogP contribution in [0.5, 0.6) is 5.75 Å². The van der Waals surface area contributed by atoms with E-state index in [4.69, 9.17) is 4.74 Å². The van der Waals surface area contributed by atoms with Gasteiger partial charge in [-0.15, -0.1) is 0 Å². The summed E-state index contributed by atoms with van der Waals surface area (Å²) in [4.78, 5) is 10.9. The van der Waals surface area contributed by atoms with Gasteiger partial charge in [-0.25, -0.2) is 5.10 Å². The van der Waals surface area contributed by atoms with Gasteiger partial charge in [-0.3, -0.25) is 4.79 Å². The molecule has 0 atom stereocenters. The van der Waals surface area contributed by atoms with Crippen LogP contribution in [0.2, 0.25) is 0 Å². The van der Waals surface area contributed by atoms with Crippen molar-refractivity contribution in [1.82, 2.24) is 10.2 Å². The van der Waals surface area contributed by atoms with Crippen molar-refractivity contribution < 1.29 is 4.74 Å². The molecule has 0 amide bonds. The average Bonchev–Trinajstić information content (AvgIpc) is 2.30. The van der Waals surface area contributed by atoms with E-state index in [1.54, 1.807) is 25.3 Å². The van der Waals surface area contributed by atoms with Crippen molar-refractivity contribution in [1.29, 1.82) is 0 Å². The first-order chi connectivity index (χ1) is 7.31. The minimum Gasteiger partial charge on any atom is -0.496 e. The topological polar surface area (TPSA) is 55.0 Å². The van der Waals surface area contributed by atoms with Gasteiger partial charge in [-0.1, -0.05) is 6.07 Å². The zero-order valence-corrected chi connectivity index (χ0v) is 8.15. The third-order valence-corrected chi connectivity index (χ3v) is 2.00. The molecule has 1 aromatic carbocycles. The van der Waals surface area contributed by atoms with Crippen LogP contribution in [0, 0.1) is 6.07 Å². The van der Waals surface area contributed by atoms with Gasteiger partial charge in [0.15, 0.2) is 0 Å². The number of methoxy groups -OCH3 is 1. The average molecular weight is 201 g/mol. The number of ether oxygens (including phenoxy) is 1. The molecule has 1 N–H and O–H groups in total. The van der Waals surface area contributed by atoms with Crippen molar-refractivity contribution in [2.75, 3.05) is 7.11 Å². The number of aromatic nitrogens is 2. The Morgan fingerprint density at radius 2 is 2.27 bits per heavy atom. The summed E-state index contributed by atoms with van der Waals surface area (Å²) >= 11 is 0. The predicted octanol–water partition coefficient (Wildman–Crippen LogP) is 1.25. The number of hydrogen-bond acceptors (Lipinski definition) is 3. The predicted molar refractivity (Wildman–Crippen MR) is 55.7 cm³/mol. The van der Waals surface area contributed by atoms with E-state index < -0.39 is 0 Å². The highest BCUT2D eigenvalue weighted by molar-refractivity contribution is 5.66. The lowest BCUT2D eigenvalue weighted by Gasteiger charge is -2.05. The normalized spacial score (nSPS) is 9.93. The van der Waals surface area contributed by atoms with E-state index in [0.29, 0.717) is 11.4 Å². The van der Waals surface area contributed by atoms with E-state index in [9.17, 15) is 4.79 Å². The fourth-order valence-corrected chi connectivity index (χ4v) is 1.29. The van der Waals surface area contributed by atoms with Gasteiger partial charge in [0.25, 0.3) is 5.56 Å². The van der Waals surface area contributed by atoms with Crippen molar-refractivity contribution in [2.45, 2.75) is 0 Å². The summed E-state index contributed by atoms with van der Waals surface area (Å²) in [6.45, 7) is 0. The summed E-state index contributed by atoms with van der Waals surface area (Å²) in [5, 5.41) is 6.30. The Morgan fingerprint density at radius 1 is 1.40 bits per heavy atom. The van der Waals surface area contributed by atoms with E-state index in [1.165, 1.54) is 6.07 Å². The van der Waals surface area contributed by atoms with Crippen LogP contribution in [0.25, 0.3) is 11.3 Å². The zero-order valence-electron chi connectivity index (χ0n) is 8.15. The number of hydrogen-bond donors (Lipinski definition) is 1. The third-order valence-electron chi connectivity index (χ3n) is 2.00. The molecule has 0 fully saturated rings. The standard InChI is InChI=1S/C11H9N2O2/c1-15-10-5-3-2-4-8(10)9-6-7-11(14)13-12-9/h2,4-7H,1H3,(H,13,14). The molecule has 1 heterocycles. The SMILES string of the molecule is COc1c[c]ccc1-c1ccc(=O)[nH]n1. The van der Waals surface area contributed by atoms with Crippen LogP contribution in [-0.2, 0) is 0 Å². The van der Waals surface area contributed by atoms with E-state index >= 15 is 0 Å². The molecule has 1 radical (unpaired) electrons. The summed E-state index contributed by atoms with van der Waals surface area (Å²) in [7, 11) is 1.58. The number of aromatic amines is 1. The molecule has 15 heavy (non-hydrogen) atoms. The van der Waals surface area contributed by atoms with Crippen molar-refractivity contribution in [3.63, 3.8) is 0 Å². The molecular weight excluding hydrogens is 192 g/mol. The molecule has 0 aliphatic carbocycles. The molecule has 0 saturated carbocycles. The van der Waals surface area contributed by atoms with Gasteiger partial charge in [0.05, 0.1) is 12.8 Å². The molecule has 0 bridgehead atoms. The minimum atomic E-state index is -0.222. The van der Waals surface area contributed by atoms with Gasteiger partial charge in [0.1, 0.15) is 5.75 Å². The van der Waals surface area contributed by atoms with Gasteiger partial charge >= 0.3 is 0 Å². The molecule has 0 saturated heterocycles. The summed E-state index contributed by atoms with van der Waals surface area (Å²) in [5.41, 5.74) is 1.27. The highest BCUT2D eigenvalue weighted by Crippen LogP contribution is 2.26. The van der Waals surface area contributed by atoms with Gasteiger partial charge in [-0.05, 0) is 24.3 Å². The molecule has 0 aliphatic heterocycles. The van der Waals surface area contributed by atoms with Gasteiger partial charge in [0, 0.05) is 11.6 Å². The Morgan fingerprint density at radius 3 is 2.93 bits per heavy atom. The van der Waals surface area contributed by atoms with Crippen molar-refractivity contribution in [3.8, 4) is 17.0 Å². The highest BCUT2D eigenvalue weighted by Gasteiger charge is 2.05. The molecule has 0 spiro atoms. The Balaban J connectivity index is 2.53. The van der Waals surface area contributed by atoms with Crippen LogP contribution in [-0.4, -0.2) is 17.3 Å². The molecule has 75 valence electrons. The van der Waals surface area contributed by atoms with E-state index in [0.717, 1.165) is 5.56 Å². The Kier molecular flexibility index (Phi) is 2.49. The summed E-state index contributed by atoms with van der Waals surface area (Å²) in [6, 6.07) is 11.3. The molecular formula is C11H9N2O2. The molecule has 2 rings (SSSR count). The highest BCUT2D eigenvalue weighted by atomic mass is 16.5. The third kappa shape index (κ3) is 1.88. The number of benzene rings is 1. The van der Waals surface area contributed by atoms with Crippen LogP contribution in [0.1, 0.15) is 0 Å². The summed E-state index contributed by atoms with van der Waals surface area (Å²) in [6.07, 6.45) is 0. The molecule has 1 aromatic heterocycles. The largest absolute Gasteiger partial charge is 0.496 e. The molecule has 2 aromatic rings. The first-order valence-electron chi connectivity index (χ1n) is 4.41. The van der Waals surface area contributed by atoms with Crippen LogP contribution in [0.3, 0.4) is 0 Å². The zero-order chi connectivity index (χ0) is 10.7.